The minimum atomic E-state index is 0. The quantitative estimate of drug-likeness (QED) is 0.452. The summed E-state index contributed by atoms with van der Waals surface area (Å²) >= 11 is 0. The van der Waals surface area contributed by atoms with E-state index < -0.39 is 0 Å². The average Bonchev–Trinajstić information content (AvgIpc) is 2.33. The van der Waals surface area contributed by atoms with Crippen molar-refractivity contribution >= 4 is 29.9 Å². The summed E-state index contributed by atoms with van der Waals surface area (Å²) in [5.41, 5.74) is 0.192. The Morgan fingerprint density at radius 1 is 1.35 bits per heavy atom. The van der Waals surface area contributed by atoms with Crippen molar-refractivity contribution in [1.29, 1.82) is 0 Å². The predicted molar refractivity (Wildman–Crippen MR) is 97.0 cm³/mol. The maximum atomic E-state index is 6.00. The Bertz CT molecular complexity index is 300. The first-order valence-corrected chi connectivity index (χ1v) is 7.43. The van der Waals surface area contributed by atoms with Gasteiger partial charge in [-0.1, -0.05) is 20.8 Å². The van der Waals surface area contributed by atoms with Gasteiger partial charge in [0.2, 0.25) is 0 Å². The van der Waals surface area contributed by atoms with E-state index >= 15 is 0 Å². The summed E-state index contributed by atoms with van der Waals surface area (Å²) in [6, 6.07) is 0. The molecule has 1 fully saturated rings. The van der Waals surface area contributed by atoms with Crippen LogP contribution in [-0.2, 0) is 4.74 Å². The van der Waals surface area contributed by atoms with Crippen molar-refractivity contribution in [1.82, 2.24) is 10.2 Å². The van der Waals surface area contributed by atoms with Crippen LogP contribution in [0.25, 0.3) is 0 Å². The first-order chi connectivity index (χ1) is 8.86. The molecule has 5 heteroatoms. The first kappa shape index (κ1) is 20.0. The smallest absolute Gasteiger partial charge is 0.193 e. The molecule has 0 aromatic rings. The van der Waals surface area contributed by atoms with Gasteiger partial charge in [0.25, 0.3) is 0 Å². The molecule has 0 aromatic heterocycles. The van der Waals surface area contributed by atoms with E-state index in [4.69, 9.17) is 9.73 Å². The summed E-state index contributed by atoms with van der Waals surface area (Å²) in [5, 5.41) is 3.31. The predicted octanol–water partition coefficient (Wildman–Crippen LogP) is 2.97. The first-order valence-electron chi connectivity index (χ1n) is 7.43. The second-order valence-corrected chi connectivity index (χ2v) is 6.65. The highest BCUT2D eigenvalue weighted by atomic mass is 127. The highest BCUT2D eigenvalue weighted by Crippen LogP contribution is 2.34. The molecule has 2 atom stereocenters. The topological polar surface area (TPSA) is 36.9 Å². The molecule has 1 rings (SSSR count). The second-order valence-electron chi connectivity index (χ2n) is 6.65. The van der Waals surface area contributed by atoms with E-state index in [2.05, 4.69) is 33.0 Å². The number of aliphatic imine (C=N–C) groups is 1. The SMILES string of the molecule is CCNC(=NCC1CCCOC1C(C)(C)C)N(C)C.I. The van der Waals surface area contributed by atoms with Crippen molar-refractivity contribution in [2.24, 2.45) is 16.3 Å². The van der Waals surface area contributed by atoms with Crippen LogP contribution in [0.1, 0.15) is 40.5 Å². The fraction of sp³-hybridized carbons (Fsp3) is 0.933. The number of ether oxygens (including phenoxy) is 1. The zero-order chi connectivity index (χ0) is 14.5. The molecule has 1 aliphatic rings. The van der Waals surface area contributed by atoms with Crippen LogP contribution in [-0.4, -0.2) is 50.8 Å². The number of nitrogens with one attached hydrogen (secondary N) is 1. The average molecular weight is 397 g/mol. The Morgan fingerprint density at radius 2 is 2.00 bits per heavy atom. The molecule has 1 heterocycles. The maximum absolute atomic E-state index is 6.00. The lowest BCUT2D eigenvalue weighted by atomic mass is 9.78. The van der Waals surface area contributed by atoms with Gasteiger partial charge in [0.15, 0.2) is 5.96 Å². The number of rotatable bonds is 3. The van der Waals surface area contributed by atoms with Gasteiger partial charge in [-0.15, -0.1) is 24.0 Å². The number of hydrogen-bond acceptors (Lipinski definition) is 2. The molecule has 0 saturated carbocycles. The molecule has 0 radical (unpaired) electrons. The summed E-state index contributed by atoms with van der Waals surface area (Å²) in [5.74, 6) is 1.50. The summed E-state index contributed by atoms with van der Waals surface area (Å²) in [6.45, 7) is 11.5. The highest BCUT2D eigenvalue weighted by molar-refractivity contribution is 14.0. The van der Waals surface area contributed by atoms with Crippen LogP contribution < -0.4 is 5.32 Å². The number of halogens is 1. The standard InChI is InChI=1S/C15H31N3O.HI/c1-7-16-14(18(5)6)17-11-12-9-8-10-19-13(12)15(2,3)4;/h12-13H,7-11H2,1-6H3,(H,16,17);1H. The molecule has 2 unspecified atom stereocenters. The van der Waals surface area contributed by atoms with E-state index in [0.717, 1.165) is 32.1 Å². The maximum Gasteiger partial charge on any atom is 0.193 e. The number of nitrogens with zero attached hydrogens (tertiary/aromatic N) is 2. The van der Waals surface area contributed by atoms with Gasteiger partial charge in [0.1, 0.15) is 0 Å². The van der Waals surface area contributed by atoms with Gasteiger partial charge < -0.3 is 15.0 Å². The minimum absolute atomic E-state index is 0. The molecule has 1 aliphatic heterocycles. The Kier molecular flexibility index (Phi) is 9.06. The zero-order valence-corrected chi connectivity index (χ0v) is 16.2. The molecule has 20 heavy (non-hydrogen) atoms. The van der Waals surface area contributed by atoms with Crippen molar-refractivity contribution in [3.63, 3.8) is 0 Å². The van der Waals surface area contributed by atoms with Crippen LogP contribution >= 0.6 is 24.0 Å². The van der Waals surface area contributed by atoms with E-state index in [-0.39, 0.29) is 29.4 Å². The van der Waals surface area contributed by atoms with E-state index in [1.54, 1.807) is 0 Å². The minimum Gasteiger partial charge on any atom is -0.377 e. The lowest BCUT2D eigenvalue weighted by molar-refractivity contribution is -0.0823. The summed E-state index contributed by atoms with van der Waals surface area (Å²) in [6.07, 6.45) is 2.69. The second kappa shape index (κ2) is 9.07. The van der Waals surface area contributed by atoms with E-state index in [0.29, 0.717) is 12.0 Å². The van der Waals surface area contributed by atoms with Gasteiger partial charge in [-0.3, -0.25) is 4.99 Å². The van der Waals surface area contributed by atoms with Gasteiger partial charge in [0, 0.05) is 39.7 Å². The van der Waals surface area contributed by atoms with Crippen LogP contribution in [0.5, 0.6) is 0 Å². The molecule has 4 nitrogen and oxygen atoms in total. The Balaban J connectivity index is 0.00000361. The molecule has 0 amide bonds. The Morgan fingerprint density at radius 3 is 2.50 bits per heavy atom. The van der Waals surface area contributed by atoms with Crippen molar-refractivity contribution in [3.8, 4) is 0 Å². The van der Waals surface area contributed by atoms with Gasteiger partial charge in [-0.05, 0) is 25.2 Å². The van der Waals surface area contributed by atoms with E-state index in [1.807, 2.05) is 19.0 Å². The van der Waals surface area contributed by atoms with Crippen LogP contribution in [0, 0.1) is 11.3 Å². The van der Waals surface area contributed by atoms with Gasteiger partial charge >= 0.3 is 0 Å². The zero-order valence-electron chi connectivity index (χ0n) is 13.9. The fourth-order valence-electron chi connectivity index (χ4n) is 2.70. The lowest BCUT2D eigenvalue weighted by Gasteiger charge is -2.39. The summed E-state index contributed by atoms with van der Waals surface area (Å²) < 4.78 is 6.00. The van der Waals surface area contributed by atoms with E-state index in [1.165, 1.54) is 6.42 Å². The molecule has 1 N–H and O–H groups in total. The monoisotopic (exact) mass is 397 g/mol. The molecule has 1 saturated heterocycles. The van der Waals surface area contributed by atoms with E-state index in [9.17, 15) is 0 Å². The van der Waals surface area contributed by atoms with Crippen LogP contribution in [0.4, 0.5) is 0 Å². The van der Waals surface area contributed by atoms with Crippen LogP contribution in [0.15, 0.2) is 4.99 Å². The molecule has 0 bridgehead atoms. The largest absolute Gasteiger partial charge is 0.377 e. The van der Waals surface area contributed by atoms with Gasteiger partial charge in [0.05, 0.1) is 6.10 Å². The van der Waals surface area contributed by atoms with Gasteiger partial charge in [-0.2, -0.15) is 0 Å². The van der Waals surface area contributed by atoms with Crippen molar-refractivity contribution in [2.75, 3.05) is 33.8 Å². The normalized spacial score (nSPS) is 24.0. The highest BCUT2D eigenvalue weighted by Gasteiger charge is 2.35. The van der Waals surface area contributed by atoms with Gasteiger partial charge in [-0.25, -0.2) is 0 Å². The summed E-state index contributed by atoms with van der Waals surface area (Å²) in [4.78, 5) is 6.79. The molecule has 0 spiro atoms. The third-order valence-corrected chi connectivity index (χ3v) is 3.53. The number of hydrogen-bond donors (Lipinski definition) is 1. The summed E-state index contributed by atoms with van der Waals surface area (Å²) in [7, 11) is 4.06. The molecule has 0 aromatic carbocycles. The van der Waals surface area contributed by atoms with Crippen LogP contribution in [0.2, 0.25) is 0 Å². The third kappa shape index (κ3) is 6.16. The Hall–Kier alpha value is -0.0400. The molecular weight excluding hydrogens is 365 g/mol. The van der Waals surface area contributed by atoms with Crippen LogP contribution in [0.3, 0.4) is 0 Å². The van der Waals surface area contributed by atoms with Crippen molar-refractivity contribution in [2.45, 2.75) is 46.6 Å². The van der Waals surface area contributed by atoms with Crippen molar-refractivity contribution in [3.05, 3.63) is 0 Å². The Labute approximate surface area is 141 Å². The lowest BCUT2D eigenvalue weighted by Crippen LogP contribution is -2.42. The van der Waals surface area contributed by atoms with Crippen molar-refractivity contribution < 1.29 is 4.74 Å². The number of guanidine groups is 1. The molecular formula is C15H32IN3O. The fourth-order valence-corrected chi connectivity index (χ4v) is 2.70. The molecule has 120 valence electrons. The molecule has 0 aliphatic carbocycles. The third-order valence-electron chi connectivity index (χ3n) is 3.53.